The van der Waals surface area contributed by atoms with Crippen LogP contribution in [0.2, 0.25) is 5.02 Å². The van der Waals surface area contributed by atoms with Crippen molar-refractivity contribution in [1.29, 1.82) is 0 Å². The zero-order chi connectivity index (χ0) is 21.6. The van der Waals surface area contributed by atoms with Gasteiger partial charge in [-0.1, -0.05) is 88.7 Å². The van der Waals surface area contributed by atoms with Crippen molar-refractivity contribution in [3.05, 3.63) is 101 Å². The van der Waals surface area contributed by atoms with Crippen LogP contribution < -0.4 is 0 Å². The Labute approximate surface area is 191 Å². The Morgan fingerprint density at radius 1 is 1.00 bits per heavy atom. The predicted molar refractivity (Wildman–Crippen MR) is 128 cm³/mol. The lowest BCUT2D eigenvalue weighted by Gasteiger charge is -2.05. The van der Waals surface area contributed by atoms with Crippen molar-refractivity contribution in [2.45, 2.75) is 23.5 Å². The number of hydrogen-bond acceptors (Lipinski definition) is 4. The molecule has 0 N–H and O–H groups in total. The van der Waals surface area contributed by atoms with Gasteiger partial charge in [0.05, 0.1) is 11.8 Å². The van der Waals surface area contributed by atoms with Crippen LogP contribution in [-0.2, 0) is 18.5 Å². The van der Waals surface area contributed by atoms with Crippen LogP contribution in [0, 0.1) is 6.92 Å². The summed E-state index contributed by atoms with van der Waals surface area (Å²) >= 11 is 7.66. The van der Waals surface area contributed by atoms with E-state index < -0.39 is 0 Å². The van der Waals surface area contributed by atoms with Crippen LogP contribution >= 0.6 is 23.4 Å². The van der Waals surface area contributed by atoms with E-state index in [2.05, 4.69) is 24.2 Å². The largest absolute Gasteiger partial charge is 0.391 e. The highest BCUT2D eigenvalue weighted by Crippen LogP contribution is 2.35. The predicted octanol–water partition coefficient (Wildman–Crippen LogP) is 6.75. The molecule has 4 nitrogen and oxygen atoms in total. The maximum Gasteiger partial charge on any atom is 0.142 e. The van der Waals surface area contributed by atoms with E-state index in [1.807, 2.05) is 78.5 Å². The van der Waals surface area contributed by atoms with E-state index >= 15 is 0 Å². The molecule has 0 aliphatic heterocycles. The minimum absolute atomic E-state index is 0.414. The third-order valence-corrected chi connectivity index (χ3v) is 6.15. The second-order valence-electron chi connectivity index (χ2n) is 7.11. The first-order valence-corrected chi connectivity index (χ1v) is 11.1. The van der Waals surface area contributed by atoms with Gasteiger partial charge in [0.1, 0.15) is 17.3 Å². The highest BCUT2D eigenvalue weighted by atomic mass is 35.5. The number of benzene rings is 3. The summed E-state index contributed by atoms with van der Waals surface area (Å²) in [5.41, 5.74) is 5.10. The molecule has 0 radical (unpaired) electrons. The van der Waals surface area contributed by atoms with Crippen LogP contribution in [-0.4, -0.2) is 16.0 Å². The molecule has 156 valence electrons. The second kappa shape index (κ2) is 9.86. The van der Waals surface area contributed by atoms with Crippen LogP contribution in [0.4, 0.5) is 0 Å². The third-order valence-electron chi connectivity index (χ3n) is 4.71. The molecule has 4 aromatic rings. The summed E-state index contributed by atoms with van der Waals surface area (Å²) < 4.78 is 1.88. The van der Waals surface area contributed by atoms with Gasteiger partial charge in [-0.3, -0.25) is 4.68 Å². The van der Waals surface area contributed by atoms with E-state index in [1.54, 1.807) is 18.0 Å². The van der Waals surface area contributed by atoms with Crippen LogP contribution in [0.5, 0.6) is 0 Å². The number of hydrogen-bond donors (Lipinski definition) is 0. The van der Waals surface area contributed by atoms with E-state index in [0.29, 0.717) is 11.6 Å². The molecule has 0 saturated heterocycles. The third kappa shape index (κ3) is 5.37. The number of halogens is 1. The molecule has 0 atom stereocenters. The van der Waals surface area contributed by atoms with Gasteiger partial charge in [-0.25, -0.2) is 0 Å². The Bertz CT molecular complexity index is 1170. The van der Waals surface area contributed by atoms with Gasteiger partial charge in [-0.15, -0.1) is 0 Å². The van der Waals surface area contributed by atoms with Crippen molar-refractivity contribution in [3.63, 3.8) is 0 Å². The highest BCUT2D eigenvalue weighted by Gasteiger charge is 2.17. The molecule has 0 saturated carbocycles. The first kappa shape index (κ1) is 21.2. The summed E-state index contributed by atoms with van der Waals surface area (Å²) in [6.07, 6.45) is 1.75. The first-order valence-electron chi connectivity index (χ1n) is 9.87. The highest BCUT2D eigenvalue weighted by molar-refractivity contribution is 7.99. The molecule has 0 bridgehead atoms. The van der Waals surface area contributed by atoms with E-state index in [0.717, 1.165) is 32.3 Å². The normalized spacial score (nSPS) is 11.2. The van der Waals surface area contributed by atoms with Crippen LogP contribution in [0.15, 0.2) is 93.9 Å². The summed E-state index contributed by atoms with van der Waals surface area (Å²) in [5.74, 6) is 0. The summed E-state index contributed by atoms with van der Waals surface area (Å²) in [7, 11) is 1.94. The van der Waals surface area contributed by atoms with Crippen molar-refractivity contribution in [2.75, 3.05) is 0 Å². The minimum Gasteiger partial charge on any atom is -0.391 e. The quantitative estimate of drug-likeness (QED) is 0.232. The fourth-order valence-electron chi connectivity index (χ4n) is 3.07. The molecular formula is C25H22ClN3OS. The number of aryl methyl sites for hydroxylation is 2. The average Bonchev–Trinajstić information content (AvgIpc) is 3.10. The lowest BCUT2D eigenvalue weighted by molar-refractivity contribution is 0.132. The summed E-state index contributed by atoms with van der Waals surface area (Å²) in [6.45, 7) is 2.48. The van der Waals surface area contributed by atoms with Gasteiger partial charge in [-0.05, 0) is 36.8 Å². The molecule has 1 heterocycles. The Hall–Kier alpha value is -3.02. The van der Waals surface area contributed by atoms with Gasteiger partial charge in [0.25, 0.3) is 0 Å². The molecule has 1 aromatic heterocycles. The van der Waals surface area contributed by atoms with Crippen molar-refractivity contribution in [3.8, 4) is 11.3 Å². The molecular weight excluding hydrogens is 426 g/mol. The average molecular weight is 448 g/mol. The lowest BCUT2D eigenvalue weighted by atomic mass is 10.1. The molecule has 0 fully saturated rings. The molecule has 6 heteroatoms. The fraction of sp³-hybridized carbons (Fsp3) is 0.120. The topological polar surface area (TPSA) is 39.4 Å². The summed E-state index contributed by atoms with van der Waals surface area (Å²) in [5, 5.41) is 10.7. The van der Waals surface area contributed by atoms with Crippen LogP contribution in [0.25, 0.3) is 11.3 Å². The molecule has 31 heavy (non-hydrogen) atoms. The zero-order valence-electron chi connectivity index (χ0n) is 17.3. The van der Waals surface area contributed by atoms with Crippen molar-refractivity contribution in [2.24, 2.45) is 12.2 Å². The van der Waals surface area contributed by atoms with Gasteiger partial charge < -0.3 is 4.84 Å². The number of aromatic nitrogens is 2. The van der Waals surface area contributed by atoms with Gasteiger partial charge in [0.15, 0.2) is 0 Å². The molecule has 0 unspecified atom stereocenters. The monoisotopic (exact) mass is 447 g/mol. The van der Waals surface area contributed by atoms with E-state index in [1.165, 1.54) is 5.56 Å². The number of oxime groups is 1. The van der Waals surface area contributed by atoms with Gasteiger partial charge >= 0.3 is 0 Å². The van der Waals surface area contributed by atoms with E-state index in [-0.39, 0.29) is 0 Å². The molecule has 3 aromatic carbocycles. The van der Waals surface area contributed by atoms with E-state index in [9.17, 15) is 0 Å². The Morgan fingerprint density at radius 2 is 1.71 bits per heavy atom. The molecule has 4 rings (SSSR count). The molecule has 0 aliphatic carbocycles. The Balaban J connectivity index is 1.62. The van der Waals surface area contributed by atoms with Crippen molar-refractivity contribution in [1.82, 2.24) is 9.78 Å². The van der Waals surface area contributed by atoms with Crippen molar-refractivity contribution >= 4 is 29.6 Å². The molecule has 0 spiro atoms. The summed E-state index contributed by atoms with van der Waals surface area (Å²) in [6, 6.07) is 26.1. The Kier molecular flexibility index (Phi) is 6.75. The number of nitrogens with zero attached hydrogens (tertiary/aromatic N) is 3. The SMILES string of the molecule is Cc1ccc(CO/N=C\c2c(-c3ccccc3)nn(C)c2Sc2ccc(Cl)cc2)cc1. The molecule has 0 aliphatic rings. The number of rotatable bonds is 7. The fourth-order valence-corrected chi connectivity index (χ4v) is 4.13. The van der Waals surface area contributed by atoms with E-state index in [4.69, 9.17) is 21.5 Å². The maximum atomic E-state index is 6.04. The van der Waals surface area contributed by atoms with Gasteiger partial charge in [0, 0.05) is 22.5 Å². The smallest absolute Gasteiger partial charge is 0.142 e. The first-order chi connectivity index (χ1) is 15.1. The minimum atomic E-state index is 0.414. The van der Waals surface area contributed by atoms with Crippen LogP contribution in [0.1, 0.15) is 16.7 Å². The standard InChI is InChI=1S/C25H22ClN3OS/c1-18-8-10-19(11-9-18)17-30-27-16-23-24(20-6-4-3-5-7-20)28-29(2)25(23)31-22-14-12-21(26)13-15-22/h3-16H,17H2,1-2H3/b27-16-. The summed E-state index contributed by atoms with van der Waals surface area (Å²) in [4.78, 5) is 6.66. The maximum absolute atomic E-state index is 6.04. The zero-order valence-corrected chi connectivity index (χ0v) is 18.9. The van der Waals surface area contributed by atoms with Gasteiger partial charge in [-0.2, -0.15) is 5.10 Å². The van der Waals surface area contributed by atoms with Gasteiger partial charge in [0.2, 0.25) is 0 Å². The lowest BCUT2D eigenvalue weighted by Crippen LogP contribution is -1.94. The van der Waals surface area contributed by atoms with Crippen molar-refractivity contribution < 1.29 is 4.84 Å². The molecule has 0 amide bonds. The van der Waals surface area contributed by atoms with Crippen LogP contribution in [0.3, 0.4) is 0 Å². The Morgan fingerprint density at radius 3 is 2.42 bits per heavy atom. The second-order valence-corrected chi connectivity index (χ2v) is 8.61.